The minimum absolute atomic E-state index is 0.0209. The molecule has 13 heavy (non-hydrogen) atoms. The van der Waals surface area contributed by atoms with Gasteiger partial charge in [-0.3, -0.25) is 4.79 Å². The molecule has 0 unspecified atom stereocenters. The Balaban J connectivity index is 2.26. The topological polar surface area (TPSA) is 61.5 Å². The van der Waals surface area contributed by atoms with E-state index in [1.54, 1.807) is 13.0 Å². The first-order valence-electron chi connectivity index (χ1n) is 4.33. The molecular formula is C9H15NO3. The lowest BCUT2D eigenvalue weighted by Crippen LogP contribution is -2.40. The zero-order valence-corrected chi connectivity index (χ0v) is 7.73. The monoisotopic (exact) mass is 185 g/mol. The van der Waals surface area contributed by atoms with Crippen LogP contribution in [0.2, 0.25) is 0 Å². The quantitative estimate of drug-likeness (QED) is 0.504. The van der Waals surface area contributed by atoms with Crippen LogP contribution in [0.5, 0.6) is 0 Å². The molecule has 0 bridgehead atoms. The second-order valence-electron chi connectivity index (χ2n) is 3.16. The summed E-state index contributed by atoms with van der Waals surface area (Å²) < 4.78 is 10.6. The van der Waals surface area contributed by atoms with Crippen molar-refractivity contribution in [3.8, 4) is 0 Å². The Kier molecular flexibility index (Phi) is 4.08. The van der Waals surface area contributed by atoms with Crippen LogP contribution in [-0.2, 0) is 14.3 Å². The van der Waals surface area contributed by atoms with Crippen molar-refractivity contribution in [2.75, 3.05) is 13.2 Å². The first kappa shape index (κ1) is 10.4. The third-order valence-electron chi connectivity index (χ3n) is 1.81. The Morgan fingerprint density at radius 1 is 1.54 bits per heavy atom. The fourth-order valence-corrected chi connectivity index (χ4v) is 1.02. The van der Waals surface area contributed by atoms with Gasteiger partial charge in [0.2, 0.25) is 0 Å². The van der Waals surface area contributed by atoms with Gasteiger partial charge in [0.1, 0.15) is 6.29 Å². The summed E-state index contributed by atoms with van der Waals surface area (Å²) in [7, 11) is 0. The van der Waals surface area contributed by atoms with E-state index in [4.69, 9.17) is 15.2 Å². The molecule has 0 spiro atoms. The predicted octanol–water partition coefficient (Wildman–Crippen LogP) is 0.222. The Hall–Kier alpha value is -0.710. The molecule has 0 aromatic carbocycles. The number of ether oxygens (including phenoxy) is 2. The van der Waals surface area contributed by atoms with Gasteiger partial charge >= 0.3 is 0 Å². The fraction of sp³-hybridized carbons (Fsp3) is 0.667. The van der Waals surface area contributed by atoms with Crippen molar-refractivity contribution in [1.82, 2.24) is 0 Å². The molecule has 0 aromatic heterocycles. The normalized spacial score (nSPS) is 30.2. The van der Waals surface area contributed by atoms with Crippen molar-refractivity contribution in [3.05, 3.63) is 11.6 Å². The van der Waals surface area contributed by atoms with Gasteiger partial charge in [-0.25, -0.2) is 0 Å². The van der Waals surface area contributed by atoms with Crippen molar-refractivity contribution in [1.29, 1.82) is 0 Å². The zero-order valence-electron chi connectivity index (χ0n) is 7.73. The van der Waals surface area contributed by atoms with Crippen LogP contribution in [0.4, 0.5) is 0 Å². The smallest absolute Gasteiger partial charge is 0.161 e. The van der Waals surface area contributed by atoms with Crippen molar-refractivity contribution >= 4 is 6.29 Å². The molecule has 1 aliphatic heterocycles. The van der Waals surface area contributed by atoms with Crippen LogP contribution in [0.1, 0.15) is 13.3 Å². The minimum atomic E-state index is -0.241. The van der Waals surface area contributed by atoms with Crippen LogP contribution in [0.3, 0.4) is 0 Å². The summed E-state index contributed by atoms with van der Waals surface area (Å²) in [6, 6.07) is -0.0209. The second-order valence-corrected chi connectivity index (χ2v) is 3.16. The minimum Gasteiger partial charge on any atom is -0.351 e. The third kappa shape index (κ3) is 3.67. The van der Waals surface area contributed by atoms with E-state index in [-0.39, 0.29) is 12.3 Å². The summed E-state index contributed by atoms with van der Waals surface area (Å²) in [6.45, 7) is 2.80. The number of rotatable bonds is 3. The summed E-state index contributed by atoms with van der Waals surface area (Å²) in [5, 5.41) is 0. The predicted molar refractivity (Wildman–Crippen MR) is 48.1 cm³/mol. The van der Waals surface area contributed by atoms with E-state index in [9.17, 15) is 4.79 Å². The van der Waals surface area contributed by atoms with Crippen molar-refractivity contribution in [2.24, 2.45) is 5.73 Å². The van der Waals surface area contributed by atoms with Gasteiger partial charge in [0.15, 0.2) is 6.29 Å². The van der Waals surface area contributed by atoms with E-state index in [0.717, 1.165) is 6.29 Å². The molecule has 1 heterocycles. The largest absolute Gasteiger partial charge is 0.351 e. The van der Waals surface area contributed by atoms with Gasteiger partial charge in [0, 0.05) is 6.42 Å². The molecule has 1 aliphatic rings. The van der Waals surface area contributed by atoms with E-state index in [1.807, 2.05) is 0 Å². The highest BCUT2D eigenvalue weighted by atomic mass is 16.7. The van der Waals surface area contributed by atoms with Crippen LogP contribution in [0, 0.1) is 0 Å². The number of allylic oxidation sites excluding steroid dienone is 1. The molecule has 1 fully saturated rings. The lowest BCUT2D eigenvalue weighted by Gasteiger charge is -2.26. The highest BCUT2D eigenvalue weighted by Crippen LogP contribution is 2.09. The molecule has 0 amide bonds. The average Bonchev–Trinajstić information content (AvgIpc) is 2.16. The van der Waals surface area contributed by atoms with E-state index >= 15 is 0 Å². The van der Waals surface area contributed by atoms with E-state index < -0.39 is 0 Å². The molecule has 0 saturated carbocycles. The molecule has 0 radical (unpaired) electrons. The molecule has 2 N–H and O–H groups in total. The number of carbonyl (C=O) groups is 1. The lowest BCUT2D eigenvalue weighted by atomic mass is 10.2. The lowest BCUT2D eigenvalue weighted by molar-refractivity contribution is -0.182. The van der Waals surface area contributed by atoms with Crippen LogP contribution in [0.15, 0.2) is 11.6 Å². The number of hydrogen-bond acceptors (Lipinski definition) is 4. The van der Waals surface area contributed by atoms with Crippen molar-refractivity contribution < 1.29 is 14.3 Å². The Bertz CT molecular complexity index is 195. The molecule has 4 heteroatoms. The van der Waals surface area contributed by atoms with Gasteiger partial charge in [0.25, 0.3) is 0 Å². The van der Waals surface area contributed by atoms with Crippen molar-refractivity contribution in [3.63, 3.8) is 0 Å². The van der Waals surface area contributed by atoms with E-state index in [2.05, 4.69) is 0 Å². The highest BCUT2D eigenvalue weighted by Gasteiger charge is 2.17. The fourth-order valence-electron chi connectivity index (χ4n) is 1.02. The van der Waals surface area contributed by atoms with Gasteiger partial charge in [-0.1, -0.05) is 6.08 Å². The van der Waals surface area contributed by atoms with Gasteiger partial charge in [-0.2, -0.15) is 0 Å². The number of nitrogens with two attached hydrogens (primary N) is 1. The maximum absolute atomic E-state index is 10.3. The summed E-state index contributed by atoms with van der Waals surface area (Å²) >= 11 is 0. The molecular weight excluding hydrogens is 170 g/mol. The maximum atomic E-state index is 10.3. The zero-order chi connectivity index (χ0) is 9.68. The molecule has 0 atom stereocenters. The van der Waals surface area contributed by atoms with Crippen LogP contribution in [0.25, 0.3) is 0 Å². The van der Waals surface area contributed by atoms with Crippen LogP contribution >= 0.6 is 0 Å². The Morgan fingerprint density at radius 3 is 2.69 bits per heavy atom. The molecule has 1 rings (SSSR count). The molecule has 0 aromatic rings. The first-order valence-corrected chi connectivity index (χ1v) is 4.33. The number of carbonyl (C=O) groups excluding carboxylic acids is 1. The number of hydrogen-bond donors (Lipinski definition) is 1. The second kappa shape index (κ2) is 5.11. The SMILES string of the molecule is C/C(C=O)=C\CC1OCC(N)CO1. The Morgan fingerprint density at radius 2 is 2.15 bits per heavy atom. The van der Waals surface area contributed by atoms with Crippen molar-refractivity contribution in [2.45, 2.75) is 25.7 Å². The van der Waals surface area contributed by atoms with Gasteiger partial charge in [0.05, 0.1) is 19.3 Å². The average molecular weight is 185 g/mol. The number of aldehydes is 1. The van der Waals surface area contributed by atoms with E-state index in [1.165, 1.54) is 0 Å². The summed E-state index contributed by atoms with van der Waals surface area (Å²) in [4.78, 5) is 10.3. The molecule has 1 saturated heterocycles. The Labute approximate surface area is 77.7 Å². The molecule has 0 aliphatic carbocycles. The highest BCUT2D eigenvalue weighted by molar-refractivity contribution is 5.71. The summed E-state index contributed by atoms with van der Waals surface area (Å²) in [5.41, 5.74) is 6.25. The molecule has 4 nitrogen and oxygen atoms in total. The maximum Gasteiger partial charge on any atom is 0.161 e. The van der Waals surface area contributed by atoms with Gasteiger partial charge < -0.3 is 15.2 Å². The molecule has 74 valence electrons. The standard InChI is InChI=1S/C9H15NO3/c1-7(4-11)2-3-9-12-5-8(10)6-13-9/h2,4,8-9H,3,5-6,10H2,1H3/b7-2+. The summed E-state index contributed by atoms with van der Waals surface area (Å²) in [6.07, 6.45) is 2.98. The summed E-state index contributed by atoms with van der Waals surface area (Å²) in [5.74, 6) is 0. The first-order chi connectivity index (χ1) is 6.22. The van der Waals surface area contributed by atoms with Crippen LogP contribution in [-0.4, -0.2) is 31.8 Å². The third-order valence-corrected chi connectivity index (χ3v) is 1.81. The van der Waals surface area contributed by atoms with E-state index in [0.29, 0.717) is 25.2 Å². The van der Waals surface area contributed by atoms with Gasteiger partial charge in [-0.05, 0) is 12.5 Å². The van der Waals surface area contributed by atoms with Gasteiger partial charge in [-0.15, -0.1) is 0 Å². The van der Waals surface area contributed by atoms with Crippen LogP contribution < -0.4 is 5.73 Å².